The van der Waals surface area contributed by atoms with Crippen LogP contribution in [0.3, 0.4) is 0 Å². The monoisotopic (exact) mass is 392 g/mol. The SMILES string of the molecule is Cc1noc(C)c1S(=O)(=O)NCCn1nc(-c2ccsc2)cc1C1CC1. The predicted octanol–water partition coefficient (Wildman–Crippen LogP) is 3.07. The van der Waals surface area contributed by atoms with Gasteiger partial charge in [0.1, 0.15) is 10.6 Å². The maximum Gasteiger partial charge on any atom is 0.246 e. The van der Waals surface area contributed by atoms with Crippen molar-refractivity contribution in [2.45, 2.75) is 44.0 Å². The van der Waals surface area contributed by atoms with Gasteiger partial charge in [0.05, 0.1) is 12.2 Å². The van der Waals surface area contributed by atoms with Crippen molar-refractivity contribution in [2.75, 3.05) is 6.54 Å². The fraction of sp³-hybridized carbons (Fsp3) is 0.412. The highest BCUT2D eigenvalue weighted by Crippen LogP contribution is 2.41. The zero-order chi connectivity index (χ0) is 18.3. The topological polar surface area (TPSA) is 90.0 Å². The van der Waals surface area contributed by atoms with Gasteiger partial charge in [0.2, 0.25) is 10.0 Å². The quantitative estimate of drug-likeness (QED) is 0.667. The van der Waals surface area contributed by atoms with Gasteiger partial charge in [-0.15, -0.1) is 0 Å². The number of aryl methyl sites for hydroxylation is 2. The third-order valence-corrected chi connectivity index (χ3v) is 6.86. The Hall–Kier alpha value is -1.97. The van der Waals surface area contributed by atoms with Crippen LogP contribution in [0, 0.1) is 13.8 Å². The normalized spacial score (nSPS) is 14.8. The Morgan fingerprint density at radius 3 is 2.81 bits per heavy atom. The first kappa shape index (κ1) is 17.4. The molecule has 0 aromatic carbocycles. The first-order valence-electron chi connectivity index (χ1n) is 8.48. The van der Waals surface area contributed by atoms with Crippen molar-refractivity contribution < 1.29 is 12.9 Å². The van der Waals surface area contributed by atoms with E-state index in [9.17, 15) is 8.42 Å². The number of nitrogens with one attached hydrogen (secondary N) is 1. The molecule has 0 unspecified atom stereocenters. The molecule has 0 radical (unpaired) electrons. The van der Waals surface area contributed by atoms with E-state index in [0.717, 1.165) is 11.3 Å². The molecule has 138 valence electrons. The highest BCUT2D eigenvalue weighted by Gasteiger charge is 2.29. The number of hydrogen-bond acceptors (Lipinski definition) is 6. The molecular weight excluding hydrogens is 372 g/mol. The molecule has 0 spiro atoms. The molecule has 1 fully saturated rings. The lowest BCUT2D eigenvalue weighted by Gasteiger charge is -2.08. The summed E-state index contributed by atoms with van der Waals surface area (Å²) in [5, 5.41) is 12.5. The van der Waals surface area contributed by atoms with Crippen molar-refractivity contribution in [3.8, 4) is 11.3 Å². The van der Waals surface area contributed by atoms with Crippen LogP contribution in [0.4, 0.5) is 0 Å². The zero-order valence-electron chi connectivity index (χ0n) is 14.6. The van der Waals surface area contributed by atoms with Crippen LogP contribution >= 0.6 is 11.3 Å². The van der Waals surface area contributed by atoms with E-state index in [2.05, 4.69) is 26.4 Å². The van der Waals surface area contributed by atoms with E-state index < -0.39 is 10.0 Å². The first-order chi connectivity index (χ1) is 12.5. The fourth-order valence-electron chi connectivity index (χ4n) is 3.09. The summed E-state index contributed by atoms with van der Waals surface area (Å²) in [6.07, 6.45) is 2.33. The molecule has 3 aromatic rings. The highest BCUT2D eigenvalue weighted by molar-refractivity contribution is 7.89. The van der Waals surface area contributed by atoms with Crippen molar-refractivity contribution in [3.63, 3.8) is 0 Å². The van der Waals surface area contributed by atoms with Gasteiger partial charge in [0, 0.05) is 29.1 Å². The summed E-state index contributed by atoms with van der Waals surface area (Å²) < 4.78 is 34.5. The Morgan fingerprint density at radius 2 is 2.19 bits per heavy atom. The molecule has 1 aliphatic rings. The molecule has 7 nitrogen and oxygen atoms in total. The smallest absolute Gasteiger partial charge is 0.246 e. The molecule has 3 aromatic heterocycles. The van der Waals surface area contributed by atoms with E-state index >= 15 is 0 Å². The van der Waals surface area contributed by atoms with Gasteiger partial charge in [-0.3, -0.25) is 4.68 Å². The molecule has 3 heterocycles. The number of thiophene rings is 1. The standard InChI is InChI=1S/C17H20N4O3S2/c1-11-17(12(2)24-20-11)26(22,23)18-6-7-21-16(13-3-4-13)9-15(19-21)14-5-8-25-10-14/h5,8-10,13,18H,3-4,6-7H2,1-2H3. The van der Waals surface area contributed by atoms with Crippen molar-refractivity contribution in [2.24, 2.45) is 0 Å². The second-order valence-corrected chi connectivity index (χ2v) is 9.00. The Labute approximate surface area is 156 Å². The molecule has 1 saturated carbocycles. The number of sulfonamides is 1. The predicted molar refractivity (Wildman–Crippen MR) is 98.7 cm³/mol. The van der Waals surface area contributed by atoms with E-state index in [1.807, 2.05) is 16.1 Å². The molecule has 0 saturated heterocycles. The average Bonchev–Trinajstić information content (AvgIpc) is 2.98. The zero-order valence-corrected chi connectivity index (χ0v) is 16.2. The molecule has 0 bridgehead atoms. The first-order valence-corrected chi connectivity index (χ1v) is 10.9. The van der Waals surface area contributed by atoms with Gasteiger partial charge in [-0.2, -0.15) is 16.4 Å². The van der Waals surface area contributed by atoms with Crippen molar-refractivity contribution in [1.29, 1.82) is 0 Å². The molecule has 1 N–H and O–H groups in total. The maximum atomic E-state index is 12.5. The van der Waals surface area contributed by atoms with Crippen LogP contribution in [0.1, 0.15) is 35.9 Å². The van der Waals surface area contributed by atoms with Gasteiger partial charge >= 0.3 is 0 Å². The number of aromatic nitrogens is 3. The van der Waals surface area contributed by atoms with Crippen LogP contribution in [0.15, 0.2) is 32.3 Å². The van der Waals surface area contributed by atoms with Crippen molar-refractivity contribution >= 4 is 21.4 Å². The molecule has 9 heteroatoms. The third-order valence-electron chi connectivity index (χ3n) is 4.48. The molecule has 0 aliphatic heterocycles. The molecule has 26 heavy (non-hydrogen) atoms. The minimum atomic E-state index is -3.65. The summed E-state index contributed by atoms with van der Waals surface area (Å²) >= 11 is 1.64. The van der Waals surface area contributed by atoms with Crippen LogP contribution in [-0.4, -0.2) is 29.9 Å². The van der Waals surface area contributed by atoms with Crippen LogP contribution < -0.4 is 4.72 Å². The molecule has 0 amide bonds. The number of rotatable bonds is 7. The summed E-state index contributed by atoms with van der Waals surface area (Å²) in [6.45, 7) is 3.97. The summed E-state index contributed by atoms with van der Waals surface area (Å²) in [7, 11) is -3.65. The van der Waals surface area contributed by atoms with Crippen LogP contribution in [-0.2, 0) is 16.6 Å². The third kappa shape index (κ3) is 3.34. The number of nitrogens with zero attached hydrogens (tertiary/aromatic N) is 3. The average molecular weight is 393 g/mol. The molecule has 0 atom stereocenters. The van der Waals surface area contributed by atoms with Crippen molar-refractivity contribution in [1.82, 2.24) is 19.7 Å². The number of hydrogen-bond donors (Lipinski definition) is 1. The molecular formula is C17H20N4O3S2. The Balaban J connectivity index is 1.50. The summed E-state index contributed by atoms with van der Waals surface area (Å²) in [6, 6.07) is 4.18. The van der Waals surface area contributed by atoms with Crippen LogP contribution in [0.2, 0.25) is 0 Å². The van der Waals surface area contributed by atoms with E-state index in [1.54, 1.807) is 25.2 Å². The fourth-order valence-corrected chi connectivity index (χ4v) is 5.08. The molecule has 4 rings (SSSR count). The van der Waals surface area contributed by atoms with Gasteiger partial charge in [0.15, 0.2) is 5.76 Å². The van der Waals surface area contributed by atoms with Gasteiger partial charge in [-0.05, 0) is 44.2 Å². The van der Waals surface area contributed by atoms with E-state index in [-0.39, 0.29) is 11.4 Å². The van der Waals surface area contributed by atoms with Crippen LogP contribution in [0.25, 0.3) is 11.3 Å². The van der Waals surface area contributed by atoms with E-state index in [1.165, 1.54) is 18.5 Å². The maximum absolute atomic E-state index is 12.5. The lowest BCUT2D eigenvalue weighted by atomic mass is 10.2. The summed E-state index contributed by atoms with van der Waals surface area (Å²) in [5.41, 5.74) is 3.60. The Morgan fingerprint density at radius 1 is 1.38 bits per heavy atom. The molecule has 1 aliphatic carbocycles. The largest absolute Gasteiger partial charge is 0.360 e. The lowest BCUT2D eigenvalue weighted by molar-refractivity contribution is 0.390. The minimum absolute atomic E-state index is 0.124. The van der Waals surface area contributed by atoms with E-state index in [4.69, 9.17) is 4.52 Å². The summed E-state index contributed by atoms with van der Waals surface area (Å²) in [5.74, 6) is 0.835. The Bertz CT molecular complexity index is 995. The highest BCUT2D eigenvalue weighted by atomic mass is 32.2. The Kier molecular flexibility index (Phi) is 4.45. The van der Waals surface area contributed by atoms with Crippen molar-refractivity contribution in [3.05, 3.63) is 40.0 Å². The minimum Gasteiger partial charge on any atom is -0.360 e. The van der Waals surface area contributed by atoms with E-state index in [0.29, 0.717) is 23.9 Å². The van der Waals surface area contributed by atoms with Gasteiger partial charge < -0.3 is 4.52 Å². The van der Waals surface area contributed by atoms with Gasteiger partial charge in [-0.1, -0.05) is 5.16 Å². The second kappa shape index (κ2) is 6.64. The second-order valence-electron chi connectivity index (χ2n) is 6.51. The van der Waals surface area contributed by atoms with Crippen LogP contribution in [0.5, 0.6) is 0 Å². The van der Waals surface area contributed by atoms with Gasteiger partial charge in [0.25, 0.3) is 0 Å². The summed E-state index contributed by atoms with van der Waals surface area (Å²) in [4.78, 5) is 0.124. The van der Waals surface area contributed by atoms with Gasteiger partial charge in [-0.25, -0.2) is 13.1 Å². The lowest BCUT2D eigenvalue weighted by Crippen LogP contribution is -2.28.